The second-order valence-electron chi connectivity index (χ2n) is 1.98. The van der Waals surface area contributed by atoms with E-state index in [1.165, 1.54) is 5.56 Å². The molecule has 0 spiro atoms. The van der Waals surface area contributed by atoms with Crippen LogP contribution in [0.2, 0.25) is 0 Å². The molecule has 0 amide bonds. The van der Waals surface area contributed by atoms with Crippen LogP contribution in [0.5, 0.6) is 0 Å². The minimum absolute atomic E-state index is 0.941. The van der Waals surface area contributed by atoms with Crippen molar-refractivity contribution in [1.82, 2.24) is 9.78 Å². The van der Waals surface area contributed by atoms with Gasteiger partial charge in [-0.3, -0.25) is 4.68 Å². The second-order valence-corrected chi connectivity index (χ2v) is 1.98. The van der Waals surface area contributed by atoms with Gasteiger partial charge in [0.2, 0.25) is 0 Å². The molecule has 0 N–H and O–H groups in total. The molecule has 9 heavy (non-hydrogen) atoms. The fourth-order valence-electron chi connectivity index (χ4n) is 0.698. The monoisotopic (exact) mass is 123 g/mol. The minimum Gasteiger partial charge on any atom is -0.272 e. The van der Waals surface area contributed by atoms with Crippen LogP contribution in [0.1, 0.15) is 19.4 Å². The summed E-state index contributed by atoms with van der Waals surface area (Å²) >= 11 is 0. The highest BCUT2D eigenvalue weighted by molar-refractivity contribution is 5.00. The van der Waals surface area contributed by atoms with Crippen molar-refractivity contribution in [3.63, 3.8) is 0 Å². The Morgan fingerprint density at radius 2 is 2.44 bits per heavy atom. The zero-order valence-corrected chi connectivity index (χ0v) is 5.89. The lowest BCUT2D eigenvalue weighted by Crippen LogP contribution is -1.92. The van der Waals surface area contributed by atoms with Gasteiger partial charge >= 0.3 is 0 Å². The molecule has 1 rings (SSSR count). The average Bonchev–Trinajstić information content (AvgIpc) is 2.34. The van der Waals surface area contributed by atoms with E-state index in [4.69, 9.17) is 0 Å². The molecule has 1 radical (unpaired) electrons. The van der Waals surface area contributed by atoms with Crippen LogP contribution in [-0.4, -0.2) is 9.78 Å². The Bertz CT molecular complexity index is 160. The highest BCUT2D eigenvalue weighted by Gasteiger charge is 1.91. The summed E-state index contributed by atoms with van der Waals surface area (Å²) in [5, 5.41) is 4.00. The van der Waals surface area contributed by atoms with Crippen LogP contribution >= 0.6 is 0 Å². The van der Waals surface area contributed by atoms with Gasteiger partial charge in [0.1, 0.15) is 6.20 Å². The van der Waals surface area contributed by atoms with Crippen LogP contribution < -0.4 is 0 Å². The lowest BCUT2D eigenvalue weighted by atomic mass is 10.3. The topological polar surface area (TPSA) is 17.8 Å². The molecule has 49 valence electrons. The van der Waals surface area contributed by atoms with E-state index in [1.807, 2.05) is 10.9 Å². The lowest BCUT2D eigenvalue weighted by molar-refractivity contribution is 0.658. The van der Waals surface area contributed by atoms with Crippen LogP contribution in [0.25, 0.3) is 0 Å². The Morgan fingerprint density at radius 3 is 2.78 bits per heavy atom. The van der Waals surface area contributed by atoms with Crippen LogP contribution in [0.3, 0.4) is 0 Å². The fourth-order valence-corrected chi connectivity index (χ4v) is 0.698. The first-order chi connectivity index (χ1) is 4.36. The number of rotatable bonds is 2. The van der Waals surface area contributed by atoms with E-state index in [9.17, 15) is 0 Å². The molecule has 1 heterocycles. The molecule has 0 fully saturated rings. The maximum Gasteiger partial charge on any atom is 0.116 e. The minimum atomic E-state index is 0.941. The third-order valence-corrected chi connectivity index (χ3v) is 1.33. The van der Waals surface area contributed by atoms with Crippen LogP contribution in [0.4, 0.5) is 0 Å². The third-order valence-electron chi connectivity index (χ3n) is 1.33. The molecule has 0 aliphatic rings. The summed E-state index contributed by atoms with van der Waals surface area (Å²) < 4.78 is 1.89. The van der Waals surface area contributed by atoms with E-state index in [2.05, 4.69) is 25.1 Å². The van der Waals surface area contributed by atoms with Crippen LogP contribution in [0.15, 0.2) is 6.20 Å². The van der Waals surface area contributed by atoms with Gasteiger partial charge in [0.15, 0.2) is 0 Å². The Kier molecular flexibility index (Phi) is 1.88. The molecule has 0 bridgehead atoms. The van der Waals surface area contributed by atoms with Crippen molar-refractivity contribution in [2.75, 3.05) is 0 Å². The Hall–Kier alpha value is -0.790. The third kappa shape index (κ3) is 1.31. The van der Waals surface area contributed by atoms with E-state index < -0.39 is 0 Å². The smallest absolute Gasteiger partial charge is 0.116 e. The zero-order chi connectivity index (χ0) is 6.69. The molecule has 2 heteroatoms. The maximum atomic E-state index is 4.00. The van der Waals surface area contributed by atoms with Gasteiger partial charge in [0, 0.05) is 12.7 Å². The van der Waals surface area contributed by atoms with E-state index in [-0.39, 0.29) is 0 Å². The van der Waals surface area contributed by atoms with Crippen LogP contribution in [0, 0.1) is 6.20 Å². The lowest BCUT2D eigenvalue weighted by Gasteiger charge is -1.89. The van der Waals surface area contributed by atoms with Crippen molar-refractivity contribution >= 4 is 0 Å². The quantitative estimate of drug-likeness (QED) is 0.579. The number of aromatic nitrogens is 2. The van der Waals surface area contributed by atoms with Crippen molar-refractivity contribution in [1.29, 1.82) is 0 Å². The first kappa shape index (κ1) is 6.33. The average molecular weight is 123 g/mol. The number of hydrogen-bond donors (Lipinski definition) is 0. The highest BCUT2D eigenvalue weighted by atomic mass is 15.3. The Balaban J connectivity index is 2.74. The first-order valence-corrected chi connectivity index (χ1v) is 3.30. The van der Waals surface area contributed by atoms with Gasteiger partial charge in [-0.15, -0.1) is 0 Å². The molecule has 1 aromatic heterocycles. The standard InChI is InChI=1S/C7H11N2/c1-3-7-5-8-9(4-2)6-7/h6H,3-4H2,1-2H3. The molecule has 0 aliphatic carbocycles. The molecule has 0 saturated carbocycles. The Labute approximate surface area is 55.5 Å². The van der Waals surface area contributed by atoms with Crippen LogP contribution in [-0.2, 0) is 13.0 Å². The SMILES string of the molecule is CCc1[c]nn(CC)c1. The van der Waals surface area contributed by atoms with E-state index in [1.54, 1.807) is 0 Å². The van der Waals surface area contributed by atoms with Crippen molar-refractivity contribution in [2.45, 2.75) is 26.8 Å². The Morgan fingerprint density at radius 1 is 1.67 bits per heavy atom. The van der Waals surface area contributed by atoms with Gasteiger partial charge in [-0.05, 0) is 18.9 Å². The van der Waals surface area contributed by atoms with E-state index in [0.29, 0.717) is 0 Å². The largest absolute Gasteiger partial charge is 0.272 e. The number of aryl methyl sites for hydroxylation is 2. The van der Waals surface area contributed by atoms with Crippen molar-refractivity contribution in [3.05, 3.63) is 18.0 Å². The van der Waals surface area contributed by atoms with Gasteiger partial charge < -0.3 is 0 Å². The van der Waals surface area contributed by atoms with Crippen molar-refractivity contribution in [3.8, 4) is 0 Å². The summed E-state index contributed by atoms with van der Waals surface area (Å²) in [5.74, 6) is 0. The highest BCUT2D eigenvalue weighted by Crippen LogP contribution is 1.95. The summed E-state index contributed by atoms with van der Waals surface area (Å²) in [5.41, 5.74) is 1.19. The van der Waals surface area contributed by atoms with Crippen molar-refractivity contribution in [2.24, 2.45) is 0 Å². The van der Waals surface area contributed by atoms with E-state index >= 15 is 0 Å². The normalized spacial score (nSPS) is 10.0. The zero-order valence-electron chi connectivity index (χ0n) is 5.89. The van der Waals surface area contributed by atoms with E-state index in [0.717, 1.165) is 13.0 Å². The molecule has 0 aliphatic heterocycles. The van der Waals surface area contributed by atoms with Gasteiger partial charge in [0.25, 0.3) is 0 Å². The molecule has 0 unspecified atom stereocenters. The summed E-state index contributed by atoms with van der Waals surface area (Å²) in [4.78, 5) is 0. The van der Waals surface area contributed by atoms with Gasteiger partial charge in [-0.2, -0.15) is 5.10 Å². The van der Waals surface area contributed by atoms with Gasteiger partial charge in [0.05, 0.1) is 0 Å². The molecular formula is C7H11N2. The fraction of sp³-hybridized carbons (Fsp3) is 0.571. The molecule has 1 aromatic rings. The molecule has 0 atom stereocenters. The molecular weight excluding hydrogens is 112 g/mol. The predicted octanol–water partition coefficient (Wildman–Crippen LogP) is 1.27. The first-order valence-electron chi connectivity index (χ1n) is 3.30. The maximum absolute atomic E-state index is 4.00. The van der Waals surface area contributed by atoms with Gasteiger partial charge in [-0.25, -0.2) is 0 Å². The predicted molar refractivity (Wildman–Crippen MR) is 36.1 cm³/mol. The molecule has 0 aromatic carbocycles. The molecule has 2 nitrogen and oxygen atoms in total. The second kappa shape index (κ2) is 2.67. The summed E-state index contributed by atoms with van der Waals surface area (Å²) in [7, 11) is 0. The number of nitrogens with zero attached hydrogens (tertiary/aromatic N) is 2. The summed E-state index contributed by atoms with van der Waals surface area (Å²) in [6.45, 7) is 5.12. The summed E-state index contributed by atoms with van der Waals surface area (Å²) in [6.07, 6.45) is 5.97. The summed E-state index contributed by atoms with van der Waals surface area (Å²) in [6, 6.07) is 0. The molecule has 0 saturated heterocycles. The van der Waals surface area contributed by atoms with Gasteiger partial charge in [-0.1, -0.05) is 6.92 Å². The number of hydrogen-bond acceptors (Lipinski definition) is 1. The van der Waals surface area contributed by atoms with Crippen molar-refractivity contribution < 1.29 is 0 Å².